The van der Waals surface area contributed by atoms with Gasteiger partial charge in [-0.1, -0.05) is 12.1 Å². The molecule has 142 valence electrons. The lowest BCUT2D eigenvalue weighted by Gasteiger charge is -2.28. The minimum atomic E-state index is -0.112. The summed E-state index contributed by atoms with van der Waals surface area (Å²) in [7, 11) is 0. The van der Waals surface area contributed by atoms with E-state index in [0.29, 0.717) is 0 Å². The smallest absolute Gasteiger partial charge is 0.281 e. The summed E-state index contributed by atoms with van der Waals surface area (Å²) in [6.07, 6.45) is 4.65. The van der Waals surface area contributed by atoms with Gasteiger partial charge in [0.1, 0.15) is 0 Å². The highest BCUT2D eigenvalue weighted by atomic mass is 32.1. The number of thiophene rings is 1. The third-order valence-electron chi connectivity index (χ3n) is 5.21. The number of hydrogen-bond donors (Lipinski definition) is 1. The molecule has 1 N–H and O–H groups in total. The van der Waals surface area contributed by atoms with Gasteiger partial charge >= 0.3 is 0 Å². The van der Waals surface area contributed by atoms with Gasteiger partial charge in [0.15, 0.2) is 0 Å². The molecule has 2 aliphatic rings. The molecule has 0 bridgehead atoms. The number of benzene rings is 1. The van der Waals surface area contributed by atoms with E-state index in [0.717, 1.165) is 55.3 Å². The summed E-state index contributed by atoms with van der Waals surface area (Å²) in [5, 5.41) is 4.31. The Bertz CT molecular complexity index is 812. The lowest BCUT2D eigenvalue weighted by atomic mass is 9.99. The Hall–Kier alpha value is -2.18. The summed E-state index contributed by atoms with van der Waals surface area (Å²) in [5.41, 5.74) is 7.07. The first-order valence-electron chi connectivity index (χ1n) is 9.60. The van der Waals surface area contributed by atoms with E-state index in [1.165, 1.54) is 29.0 Å². The van der Waals surface area contributed by atoms with Crippen LogP contribution in [0.5, 0.6) is 0 Å². The number of carbonyl (C=O) groups excluding carboxylic acids is 1. The Balaban J connectivity index is 1.39. The standard InChI is InChI=1S/C21H25N3O2S/c1-15(16-6-8-18(9-7-16)24-10-12-26-13-11-24)22-23-21(25)20-14-17-4-2-3-5-19(17)27-20/h6-9,14H,2-5,10-13H2,1H3,(H,23,25)/b22-15-. The first-order valence-corrected chi connectivity index (χ1v) is 10.4. The first-order chi connectivity index (χ1) is 13.2. The number of anilines is 1. The molecule has 0 saturated carbocycles. The first kappa shape index (κ1) is 18.2. The van der Waals surface area contributed by atoms with Crippen molar-refractivity contribution in [3.63, 3.8) is 0 Å². The number of hydrazone groups is 1. The fraction of sp³-hybridized carbons (Fsp3) is 0.429. The average molecular weight is 384 g/mol. The minimum Gasteiger partial charge on any atom is -0.378 e. The molecule has 1 aliphatic heterocycles. The predicted molar refractivity (Wildman–Crippen MR) is 110 cm³/mol. The number of ether oxygens (including phenoxy) is 1. The third kappa shape index (κ3) is 4.22. The van der Waals surface area contributed by atoms with Gasteiger partial charge in [-0.2, -0.15) is 5.10 Å². The number of nitrogens with zero attached hydrogens (tertiary/aromatic N) is 2. The van der Waals surface area contributed by atoms with Crippen molar-refractivity contribution in [1.82, 2.24) is 5.43 Å². The van der Waals surface area contributed by atoms with Gasteiger partial charge in [0.25, 0.3) is 5.91 Å². The zero-order valence-corrected chi connectivity index (χ0v) is 16.5. The van der Waals surface area contributed by atoms with Crippen LogP contribution in [0.4, 0.5) is 5.69 Å². The number of nitrogens with one attached hydrogen (secondary N) is 1. The Kier molecular flexibility index (Phi) is 5.55. The monoisotopic (exact) mass is 383 g/mol. The molecular weight excluding hydrogens is 358 g/mol. The summed E-state index contributed by atoms with van der Waals surface area (Å²) in [6.45, 7) is 5.32. The number of hydrogen-bond acceptors (Lipinski definition) is 5. The molecule has 2 aromatic rings. The summed E-state index contributed by atoms with van der Waals surface area (Å²) in [6, 6.07) is 10.4. The van der Waals surface area contributed by atoms with Crippen LogP contribution in [0.15, 0.2) is 35.4 Å². The maximum Gasteiger partial charge on any atom is 0.281 e. The van der Waals surface area contributed by atoms with Gasteiger partial charge in [-0.15, -0.1) is 11.3 Å². The Morgan fingerprint density at radius 3 is 2.63 bits per heavy atom. The van der Waals surface area contributed by atoms with Crippen LogP contribution in [-0.4, -0.2) is 37.9 Å². The topological polar surface area (TPSA) is 53.9 Å². The van der Waals surface area contributed by atoms with E-state index in [1.807, 2.05) is 13.0 Å². The maximum atomic E-state index is 12.4. The predicted octanol–water partition coefficient (Wildman–Crippen LogP) is 3.62. The van der Waals surface area contributed by atoms with Gasteiger partial charge in [0, 0.05) is 23.7 Å². The highest BCUT2D eigenvalue weighted by Gasteiger charge is 2.17. The number of amides is 1. The normalized spacial score (nSPS) is 17.5. The van der Waals surface area contributed by atoms with E-state index >= 15 is 0 Å². The molecule has 1 aromatic carbocycles. The van der Waals surface area contributed by atoms with Gasteiger partial charge in [-0.25, -0.2) is 5.43 Å². The van der Waals surface area contributed by atoms with E-state index in [1.54, 1.807) is 11.3 Å². The quantitative estimate of drug-likeness (QED) is 0.648. The number of morpholine rings is 1. The fourth-order valence-electron chi connectivity index (χ4n) is 3.59. The molecule has 0 spiro atoms. The SMILES string of the molecule is C/C(=N/NC(=O)c1cc2c(s1)CCCC2)c1ccc(N2CCOCC2)cc1. The van der Waals surface area contributed by atoms with Gasteiger partial charge in [-0.05, 0) is 61.9 Å². The summed E-state index contributed by atoms with van der Waals surface area (Å²) >= 11 is 1.61. The lowest BCUT2D eigenvalue weighted by molar-refractivity contribution is 0.0959. The number of aryl methyl sites for hydroxylation is 2. The third-order valence-corrected chi connectivity index (χ3v) is 6.44. The van der Waals surface area contributed by atoms with Gasteiger partial charge in [0.2, 0.25) is 0 Å². The van der Waals surface area contributed by atoms with E-state index in [2.05, 4.69) is 39.7 Å². The van der Waals surface area contributed by atoms with Crippen molar-refractivity contribution in [2.75, 3.05) is 31.2 Å². The van der Waals surface area contributed by atoms with Crippen LogP contribution in [0, 0.1) is 0 Å². The van der Waals surface area contributed by atoms with Gasteiger partial charge in [0.05, 0.1) is 23.8 Å². The Morgan fingerprint density at radius 1 is 1.15 bits per heavy atom. The van der Waals surface area contributed by atoms with E-state index in [9.17, 15) is 4.79 Å². The molecule has 27 heavy (non-hydrogen) atoms. The van der Waals surface area contributed by atoms with Crippen LogP contribution >= 0.6 is 11.3 Å². The van der Waals surface area contributed by atoms with Gasteiger partial charge < -0.3 is 9.64 Å². The highest BCUT2D eigenvalue weighted by molar-refractivity contribution is 7.14. The summed E-state index contributed by atoms with van der Waals surface area (Å²) < 4.78 is 5.40. The molecule has 0 unspecified atom stereocenters. The molecule has 1 aliphatic carbocycles. The largest absolute Gasteiger partial charge is 0.378 e. The molecule has 0 radical (unpaired) electrons. The maximum absolute atomic E-state index is 12.4. The second kappa shape index (κ2) is 8.23. The molecule has 0 atom stereocenters. The molecule has 6 heteroatoms. The number of carbonyl (C=O) groups is 1. The van der Waals surface area contributed by atoms with Crippen LogP contribution in [0.25, 0.3) is 0 Å². The van der Waals surface area contributed by atoms with Crippen LogP contribution in [0.2, 0.25) is 0 Å². The van der Waals surface area contributed by atoms with Crippen LogP contribution in [-0.2, 0) is 17.6 Å². The fourth-order valence-corrected chi connectivity index (χ4v) is 4.74. The van der Waals surface area contributed by atoms with Gasteiger partial charge in [-0.3, -0.25) is 4.79 Å². The molecule has 1 amide bonds. The van der Waals surface area contributed by atoms with E-state index < -0.39 is 0 Å². The molecule has 1 saturated heterocycles. The molecular formula is C21H25N3O2S. The van der Waals surface area contributed by atoms with Crippen molar-refractivity contribution in [2.45, 2.75) is 32.6 Å². The van der Waals surface area contributed by atoms with E-state index in [-0.39, 0.29) is 5.91 Å². The zero-order valence-electron chi connectivity index (χ0n) is 15.7. The summed E-state index contributed by atoms with van der Waals surface area (Å²) in [4.78, 5) is 16.9. The highest BCUT2D eigenvalue weighted by Crippen LogP contribution is 2.29. The van der Waals surface area contributed by atoms with Crippen molar-refractivity contribution >= 4 is 28.6 Å². The van der Waals surface area contributed by atoms with Crippen molar-refractivity contribution < 1.29 is 9.53 Å². The average Bonchev–Trinajstić information content (AvgIpc) is 3.17. The lowest BCUT2D eigenvalue weighted by Crippen LogP contribution is -2.36. The molecule has 5 nitrogen and oxygen atoms in total. The minimum absolute atomic E-state index is 0.112. The molecule has 1 fully saturated rings. The number of rotatable bonds is 4. The van der Waals surface area contributed by atoms with E-state index in [4.69, 9.17) is 4.74 Å². The molecule has 1 aromatic heterocycles. The van der Waals surface area contributed by atoms with Crippen LogP contribution in [0.3, 0.4) is 0 Å². The Labute approximate surface area is 164 Å². The second-order valence-corrected chi connectivity index (χ2v) is 8.19. The van der Waals surface area contributed by atoms with Crippen LogP contribution in [0.1, 0.15) is 45.4 Å². The van der Waals surface area contributed by atoms with Crippen molar-refractivity contribution in [3.05, 3.63) is 51.2 Å². The van der Waals surface area contributed by atoms with Crippen molar-refractivity contribution in [2.24, 2.45) is 5.10 Å². The molecule has 2 heterocycles. The second-order valence-electron chi connectivity index (χ2n) is 7.05. The van der Waals surface area contributed by atoms with Crippen molar-refractivity contribution in [1.29, 1.82) is 0 Å². The van der Waals surface area contributed by atoms with Crippen LogP contribution < -0.4 is 10.3 Å². The molecule has 4 rings (SSSR count). The van der Waals surface area contributed by atoms with Crippen molar-refractivity contribution in [3.8, 4) is 0 Å². The summed E-state index contributed by atoms with van der Waals surface area (Å²) in [5.74, 6) is -0.112. The zero-order chi connectivity index (χ0) is 18.6. The number of fused-ring (bicyclic) bond motifs is 1. The Morgan fingerprint density at radius 2 is 1.89 bits per heavy atom.